The third kappa shape index (κ3) is 4.88. The number of methoxy groups -OCH3 is 1. The lowest BCUT2D eigenvalue weighted by molar-refractivity contribution is 0.148. The largest absolute Gasteiger partial charge is 0.384 e. The quantitative estimate of drug-likeness (QED) is 0.778. The van der Waals surface area contributed by atoms with Gasteiger partial charge in [-0.15, -0.1) is 0 Å². The first-order valence-corrected chi connectivity index (χ1v) is 6.76. The van der Waals surface area contributed by atoms with Crippen molar-refractivity contribution < 1.29 is 13.5 Å². The van der Waals surface area contributed by atoms with Gasteiger partial charge >= 0.3 is 0 Å². The molecule has 1 aromatic rings. The summed E-state index contributed by atoms with van der Waals surface area (Å²) < 4.78 is 32.8. The van der Waals surface area contributed by atoms with Crippen LogP contribution in [0.25, 0.3) is 0 Å². The van der Waals surface area contributed by atoms with Crippen LogP contribution in [0.5, 0.6) is 0 Å². The Labute approximate surface area is 114 Å². The summed E-state index contributed by atoms with van der Waals surface area (Å²) in [5, 5.41) is 3.22. The Morgan fingerprint density at radius 2 is 1.89 bits per heavy atom. The molecule has 0 fully saturated rings. The van der Waals surface area contributed by atoms with Gasteiger partial charge in [-0.05, 0) is 37.4 Å². The van der Waals surface area contributed by atoms with Crippen LogP contribution in [0.2, 0.25) is 0 Å². The lowest BCUT2D eigenvalue weighted by Crippen LogP contribution is -2.26. The van der Waals surface area contributed by atoms with Gasteiger partial charge in [-0.2, -0.15) is 0 Å². The van der Waals surface area contributed by atoms with Crippen molar-refractivity contribution in [3.8, 4) is 0 Å². The molecular formula is C15H23F2NO. The number of rotatable bonds is 8. The standard InChI is InChI=1S/C15H23F2NO/c1-4-8-18-14(9-11(2)10-19-3)15-12(16)6-5-7-13(15)17/h5-7,11,14,18H,4,8-10H2,1-3H3. The molecule has 0 saturated carbocycles. The van der Waals surface area contributed by atoms with Gasteiger partial charge in [-0.3, -0.25) is 0 Å². The van der Waals surface area contributed by atoms with E-state index < -0.39 is 11.6 Å². The lowest BCUT2D eigenvalue weighted by Gasteiger charge is -2.23. The predicted molar refractivity (Wildman–Crippen MR) is 73.0 cm³/mol. The molecule has 0 amide bonds. The van der Waals surface area contributed by atoms with Gasteiger partial charge in [-0.1, -0.05) is 19.9 Å². The highest BCUT2D eigenvalue weighted by atomic mass is 19.1. The van der Waals surface area contributed by atoms with Crippen LogP contribution in [0.3, 0.4) is 0 Å². The Morgan fingerprint density at radius 3 is 2.42 bits per heavy atom. The third-order valence-corrected chi connectivity index (χ3v) is 3.08. The van der Waals surface area contributed by atoms with Gasteiger partial charge in [0, 0.05) is 25.3 Å². The molecule has 4 heteroatoms. The van der Waals surface area contributed by atoms with Crippen molar-refractivity contribution in [2.24, 2.45) is 5.92 Å². The third-order valence-electron chi connectivity index (χ3n) is 3.08. The Bertz CT molecular complexity index is 364. The fourth-order valence-corrected chi connectivity index (χ4v) is 2.22. The highest BCUT2D eigenvalue weighted by Gasteiger charge is 2.21. The van der Waals surface area contributed by atoms with Gasteiger partial charge in [0.05, 0.1) is 0 Å². The number of hydrogen-bond donors (Lipinski definition) is 1. The molecule has 1 rings (SSSR count). The van der Waals surface area contributed by atoms with Gasteiger partial charge < -0.3 is 10.1 Å². The van der Waals surface area contributed by atoms with Crippen LogP contribution in [-0.2, 0) is 4.74 Å². The second-order valence-corrected chi connectivity index (χ2v) is 4.94. The number of halogens is 2. The molecule has 0 aliphatic rings. The molecule has 0 aliphatic heterocycles. The SMILES string of the molecule is CCCNC(CC(C)COC)c1c(F)cccc1F. The monoisotopic (exact) mass is 271 g/mol. The first-order chi connectivity index (χ1) is 9.10. The Hall–Kier alpha value is -1.00. The highest BCUT2D eigenvalue weighted by molar-refractivity contribution is 5.23. The molecule has 0 aliphatic carbocycles. The van der Waals surface area contributed by atoms with Crippen molar-refractivity contribution in [3.05, 3.63) is 35.4 Å². The molecule has 1 aromatic carbocycles. The van der Waals surface area contributed by atoms with E-state index in [1.165, 1.54) is 18.2 Å². The fourth-order valence-electron chi connectivity index (χ4n) is 2.22. The number of nitrogens with one attached hydrogen (secondary N) is 1. The smallest absolute Gasteiger partial charge is 0.130 e. The minimum absolute atomic E-state index is 0.138. The zero-order chi connectivity index (χ0) is 14.3. The van der Waals surface area contributed by atoms with E-state index in [9.17, 15) is 8.78 Å². The number of ether oxygens (including phenoxy) is 1. The van der Waals surface area contributed by atoms with Crippen LogP contribution in [0.1, 0.15) is 38.3 Å². The zero-order valence-corrected chi connectivity index (χ0v) is 11.9. The summed E-state index contributed by atoms with van der Waals surface area (Å²) in [6.45, 7) is 5.36. The maximum absolute atomic E-state index is 13.9. The van der Waals surface area contributed by atoms with E-state index in [1.54, 1.807) is 7.11 Å². The van der Waals surface area contributed by atoms with Crippen LogP contribution in [0.4, 0.5) is 8.78 Å². The molecule has 0 aromatic heterocycles. The summed E-state index contributed by atoms with van der Waals surface area (Å²) in [6, 6.07) is 3.69. The molecule has 2 atom stereocenters. The van der Waals surface area contributed by atoms with Crippen molar-refractivity contribution in [2.75, 3.05) is 20.3 Å². The lowest BCUT2D eigenvalue weighted by atomic mass is 9.95. The summed E-state index contributed by atoms with van der Waals surface area (Å²) in [5.74, 6) is -0.741. The maximum atomic E-state index is 13.9. The molecular weight excluding hydrogens is 248 g/mol. The van der Waals surface area contributed by atoms with Gasteiger partial charge in [0.25, 0.3) is 0 Å². The first kappa shape index (κ1) is 16.1. The van der Waals surface area contributed by atoms with E-state index in [-0.39, 0.29) is 17.5 Å². The second kappa shape index (κ2) is 8.23. The van der Waals surface area contributed by atoms with Crippen LogP contribution in [-0.4, -0.2) is 20.3 Å². The van der Waals surface area contributed by atoms with Crippen LogP contribution < -0.4 is 5.32 Å². The van der Waals surface area contributed by atoms with Crippen molar-refractivity contribution in [1.82, 2.24) is 5.32 Å². The van der Waals surface area contributed by atoms with Crippen molar-refractivity contribution >= 4 is 0 Å². The van der Waals surface area contributed by atoms with Gasteiger partial charge in [0.1, 0.15) is 11.6 Å². The molecule has 0 heterocycles. The van der Waals surface area contributed by atoms with E-state index in [1.807, 2.05) is 13.8 Å². The molecule has 108 valence electrons. The van der Waals surface area contributed by atoms with E-state index in [0.29, 0.717) is 13.0 Å². The van der Waals surface area contributed by atoms with Crippen LogP contribution >= 0.6 is 0 Å². The van der Waals surface area contributed by atoms with E-state index in [4.69, 9.17) is 4.74 Å². The normalized spacial score (nSPS) is 14.4. The number of benzene rings is 1. The summed E-state index contributed by atoms with van der Waals surface area (Å²) in [7, 11) is 1.63. The summed E-state index contributed by atoms with van der Waals surface area (Å²) in [5.41, 5.74) is 0.138. The van der Waals surface area contributed by atoms with Crippen molar-refractivity contribution in [2.45, 2.75) is 32.7 Å². The van der Waals surface area contributed by atoms with Crippen molar-refractivity contribution in [3.63, 3.8) is 0 Å². The van der Waals surface area contributed by atoms with E-state index >= 15 is 0 Å². The Kier molecular flexibility index (Phi) is 6.95. The fraction of sp³-hybridized carbons (Fsp3) is 0.600. The molecule has 0 saturated heterocycles. The number of hydrogen-bond acceptors (Lipinski definition) is 2. The average molecular weight is 271 g/mol. The van der Waals surface area contributed by atoms with Crippen LogP contribution in [0, 0.1) is 17.6 Å². The summed E-state index contributed by atoms with van der Waals surface area (Å²) >= 11 is 0. The van der Waals surface area contributed by atoms with Crippen LogP contribution in [0.15, 0.2) is 18.2 Å². The summed E-state index contributed by atoms with van der Waals surface area (Å²) in [4.78, 5) is 0. The average Bonchev–Trinajstić information content (AvgIpc) is 2.35. The van der Waals surface area contributed by atoms with Crippen molar-refractivity contribution in [1.29, 1.82) is 0 Å². The predicted octanol–water partition coefficient (Wildman–Crippen LogP) is 3.68. The highest BCUT2D eigenvalue weighted by Crippen LogP contribution is 2.26. The topological polar surface area (TPSA) is 21.3 Å². The second-order valence-electron chi connectivity index (χ2n) is 4.94. The molecule has 19 heavy (non-hydrogen) atoms. The summed E-state index contributed by atoms with van der Waals surface area (Å²) in [6.07, 6.45) is 1.57. The molecule has 1 N–H and O–H groups in total. The Morgan fingerprint density at radius 1 is 1.26 bits per heavy atom. The van der Waals surface area contributed by atoms with E-state index in [0.717, 1.165) is 13.0 Å². The molecule has 0 radical (unpaired) electrons. The van der Waals surface area contributed by atoms with E-state index in [2.05, 4.69) is 5.32 Å². The molecule has 0 spiro atoms. The van der Waals surface area contributed by atoms with Gasteiger partial charge in [0.15, 0.2) is 0 Å². The minimum atomic E-state index is -0.488. The Balaban J connectivity index is 2.89. The maximum Gasteiger partial charge on any atom is 0.130 e. The van der Waals surface area contributed by atoms with Gasteiger partial charge in [0.2, 0.25) is 0 Å². The molecule has 0 bridgehead atoms. The van der Waals surface area contributed by atoms with Gasteiger partial charge in [-0.25, -0.2) is 8.78 Å². The zero-order valence-electron chi connectivity index (χ0n) is 11.9. The molecule has 2 unspecified atom stereocenters. The molecule has 2 nitrogen and oxygen atoms in total. The minimum Gasteiger partial charge on any atom is -0.384 e. The first-order valence-electron chi connectivity index (χ1n) is 6.76.